The van der Waals surface area contributed by atoms with Crippen LogP contribution in [0.15, 0.2) is 72.8 Å². The van der Waals surface area contributed by atoms with Gasteiger partial charge in [0.25, 0.3) is 0 Å². The molecule has 2 heterocycles. The fourth-order valence-corrected chi connectivity index (χ4v) is 3.41. The molecule has 0 radical (unpaired) electrons. The van der Waals surface area contributed by atoms with E-state index in [4.69, 9.17) is 4.74 Å². The van der Waals surface area contributed by atoms with Crippen LogP contribution < -0.4 is 0 Å². The molecule has 0 aliphatic heterocycles. The van der Waals surface area contributed by atoms with E-state index in [1.165, 1.54) is 10.6 Å². The predicted molar refractivity (Wildman–Crippen MR) is 113 cm³/mol. The van der Waals surface area contributed by atoms with Crippen LogP contribution in [0.5, 0.6) is 0 Å². The third kappa shape index (κ3) is 3.77. The second-order valence-corrected chi connectivity index (χ2v) is 6.82. The van der Waals surface area contributed by atoms with Crippen LogP contribution in [-0.4, -0.2) is 27.1 Å². The number of rotatable bonds is 6. The molecule has 150 valence electrons. The van der Waals surface area contributed by atoms with Gasteiger partial charge in [-0.15, -0.1) is 0 Å². The third-order valence-corrected chi connectivity index (χ3v) is 4.92. The van der Waals surface area contributed by atoms with Gasteiger partial charge in [0.1, 0.15) is 18.8 Å². The Bertz CT molecular complexity index is 1230. The molecular weight excluding hydrogens is 382 g/mol. The highest BCUT2D eigenvalue weighted by Crippen LogP contribution is 2.25. The number of aromatic nitrogens is 2. The van der Waals surface area contributed by atoms with Crippen molar-refractivity contribution in [3.05, 3.63) is 94.2 Å². The number of fused-ring (bicyclic) bond motifs is 1. The number of esters is 1. The van der Waals surface area contributed by atoms with Crippen molar-refractivity contribution in [3.63, 3.8) is 0 Å². The number of pyridine rings is 1. The van der Waals surface area contributed by atoms with Crippen LogP contribution in [0, 0.1) is 17.0 Å². The molecule has 30 heavy (non-hydrogen) atoms. The average molecular weight is 401 g/mol. The van der Waals surface area contributed by atoms with E-state index >= 15 is 0 Å². The van der Waals surface area contributed by atoms with Gasteiger partial charge >= 0.3 is 11.8 Å². The molecule has 0 saturated carbocycles. The van der Waals surface area contributed by atoms with Crippen LogP contribution >= 0.6 is 0 Å². The van der Waals surface area contributed by atoms with Gasteiger partial charge in [-0.25, -0.2) is 14.3 Å². The molecule has 0 bridgehead atoms. The van der Waals surface area contributed by atoms with Gasteiger partial charge in [-0.1, -0.05) is 48.5 Å². The molecule has 0 aliphatic rings. The summed E-state index contributed by atoms with van der Waals surface area (Å²) >= 11 is 0. The zero-order valence-corrected chi connectivity index (χ0v) is 16.3. The lowest BCUT2D eigenvalue weighted by Gasteiger charge is -2.10. The van der Waals surface area contributed by atoms with Crippen molar-refractivity contribution >= 4 is 22.7 Å². The number of carbonyl (C=O) groups excluding carboxylic acids is 1. The molecule has 2 aromatic heterocycles. The molecule has 0 fully saturated rings. The Hall–Kier alpha value is -4.00. The lowest BCUT2D eigenvalue weighted by Crippen LogP contribution is -2.14. The van der Waals surface area contributed by atoms with Crippen molar-refractivity contribution in [2.24, 2.45) is 0 Å². The fraction of sp³-hybridized carbons (Fsp3) is 0.130. The molecular formula is C23H19N3O4. The first-order chi connectivity index (χ1) is 14.5. The third-order valence-electron chi connectivity index (χ3n) is 4.92. The van der Waals surface area contributed by atoms with Gasteiger partial charge < -0.3 is 14.9 Å². The number of hydrogen-bond acceptors (Lipinski definition) is 5. The van der Waals surface area contributed by atoms with Crippen molar-refractivity contribution in [3.8, 4) is 11.3 Å². The molecule has 0 N–H and O–H groups in total. The zero-order valence-electron chi connectivity index (χ0n) is 16.3. The number of ether oxygens (including phenoxy) is 1. The molecule has 7 heteroatoms. The van der Waals surface area contributed by atoms with Crippen LogP contribution in [0.25, 0.3) is 22.2 Å². The minimum absolute atomic E-state index is 0.0204. The van der Waals surface area contributed by atoms with Gasteiger partial charge in [0.05, 0.1) is 16.8 Å². The lowest BCUT2D eigenvalue weighted by molar-refractivity contribution is -0.392. The van der Waals surface area contributed by atoms with Crippen molar-refractivity contribution in [2.45, 2.75) is 13.5 Å². The molecule has 7 nitrogen and oxygen atoms in total. The van der Waals surface area contributed by atoms with Crippen molar-refractivity contribution in [2.75, 3.05) is 6.61 Å². The maximum Gasteiger partial charge on any atom is 0.339 e. The second kappa shape index (κ2) is 8.16. The molecule has 2 aromatic carbocycles. The number of nitrogens with zero attached hydrogens (tertiary/aromatic N) is 3. The van der Waals surface area contributed by atoms with Crippen molar-refractivity contribution in [1.29, 1.82) is 0 Å². The molecule has 0 unspecified atom stereocenters. The van der Waals surface area contributed by atoms with E-state index in [-0.39, 0.29) is 19.0 Å². The summed E-state index contributed by atoms with van der Waals surface area (Å²) in [6.07, 6.45) is 0. The topological polar surface area (TPSA) is 87.3 Å². The Kier molecular flexibility index (Phi) is 5.26. The Balaban J connectivity index is 1.60. The normalized spacial score (nSPS) is 10.8. The summed E-state index contributed by atoms with van der Waals surface area (Å²) in [5, 5.41) is 11.8. The number of hydrogen-bond donors (Lipinski definition) is 0. The van der Waals surface area contributed by atoms with Crippen LogP contribution in [-0.2, 0) is 11.3 Å². The highest BCUT2D eigenvalue weighted by Gasteiger charge is 2.18. The molecule has 0 aliphatic carbocycles. The SMILES string of the molecule is Cc1ccc([N+](=O)[O-])n1CCOC(=O)c1cc(-c2ccccc2)nc2ccccc12. The fourth-order valence-electron chi connectivity index (χ4n) is 3.41. The molecule has 4 aromatic rings. The highest BCUT2D eigenvalue weighted by molar-refractivity contribution is 6.04. The van der Waals surface area contributed by atoms with Crippen LogP contribution in [0.3, 0.4) is 0 Å². The first-order valence-electron chi connectivity index (χ1n) is 9.47. The molecule has 0 saturated heterocycles. The van der Waals surface area contributed by atoms with E-state index in [1.807, 2.05) is 54.6 Å². The maximum absolute atomic E-state index is 12.9. The van der Waals surface area contributed by atoms with Gasteiger partial charge in [-0.2, -0.15) is 0 Å². The standard InChI is InChI=1S/C23H19N3O4/c1-16-11-12-22(26(28)29)25(16)13-14-30-23(27)19-15-21(17-7-3-2-4-8-17)24-20-10-6-5-9-18(19)20/h2-12,15H,13-14H2,1H3. The summed E-state index contributed by atoms with van der Waals surface area (Å²) in [4.78, 5) is 28.2. The van der Waals surface area contributed by atoms with E-state index in [0.29, 0.717) is 22.2 Å². The largest absolute Gasteiger partial charge is 0.458 e. The van der Waals surface area contributed by atoms with Crippen molar-refractivity contribution in [1.82, 2.24) is 9.55 Å². The van der Waals surface area contributed by atoms with Gasteiger partial charge in [0.2, 0.25) is 0 Å². The maximum atomic E-state index is 12.9. The number of aryl methyl sites for hydroxylation is 1. The summed E-state index contributed by atoms with van der Waals surface area (Å²) in [5.74, 6) is -0.512. The van der Waals surface area contributed by atoms with E-state index < -0.39 is 10.9 Å². The predicted octanol–water partition coefficient (Wildman–Crippen LogP) is 4.78. The van der Waals surface area contributed by atoms with E-state index in [0.717, 1.165) is 11.3 Å². The average Bonchev–Trinajstić information content (AvgIpc) is 3.14. The number of carbonyl (C=O) groups is 1. The van der Waals surface area contributed by atoms with Crippen molar-refractivity contribution < 1.29 is 14.5 Å². The Morgan fingerprint density at radius 2 is 1.80 bits per heavy atom. The minimum Gasteiger partial charge on any atom is -0.458 e. The van der Waals surface area contributed by atoms with Gasteiger partial charge in [-0.3, -0.25) is 0 Å². The second-order valence-electron chi connectivity index (χ2n) is 6.82. The quantitative estimate of drug-likeness (QED) is 0.264. The Labute approximate surface area is 172 Å². The summed E-state index contributed by atoms with van der Waals surface area (Å²) in [6.45, 7) is 2.00. The van der Waals surface area contributed by atoms with Crippen LogP contribution in [0.2, 0.25) is 0 Å². The van der Waals surface area contributed by atoms with E-state index in [9.17, 15) is 14.9 Å². The summed E-state index contributed by atoms with van der Waals surface area (Å²) in [6, 6.07) is 21.8. The van der Waals surface area contributed by atoms with E-state index in [1.54, 1.807) is 19.1 Å². The number of benzene rings is 2. The summed E-state index contributed by atoms with van der Waals surface area (Å²) < 4.78 is 7.00. The van der Waals surface area contributed by atoms with Gasteiger partial charge in [0.15, 0.2) is 0 Å². The number of para-hydroxylation sites is 1. The summed E-state index contributed by atoms with van der Waals surface area (Å²) in [5.41, 5.74) is 3.42. The lowest BCUT2D eigenvalue weighted by atomic mass is 10.0. The Morgan fingerprint density at radius 3 is 2.57 bits per heavy atom. The molecule has 4 rings (SSSR count). The van der Waals surface area contributed by atoms with Crippen LogP contribution in [0.1, 0.15) is 16.1 Å². The van der Waals surface area contributed by atoms with E-state index in [2.05, 4.69) is 4.98 Å². The van der Waals surface area contributed by atoms with Crippen LogP contribution in [0.4, 0.5) is 5.82 Å². The smallest absolute Gasteiger partial charge is 0.339 e. The first-order valence-corrected chi connectivity index (χ1v) is 9.47. The monoisotopic (exact) mass is 401 g/mol. The first kappa shape index (κ1) is 19.3. The highest BCUT2D eigenvalue weighted by atomic mass is 16.6. The molecule has 0 atom stereocenters. The number of nitro groups is 1. The summed E-state index contributed by atoms with van der Waals surface area (Å²) in [7, 11) is 0. The molecule has 0 spiro atoms. The van der Waals surface area contributed by atoms with Gasteiger partial charge in [-0.05, 0) is 30.0 Å². The van der Waals surface area contributed by atoms with Gasteiger partial charge in [0, 0.05) is 17.0 Å². The minimum atomic E-state index is -0.488. The Morgan fingerprint density at radius 1 is 1.07 bits per heavy atom. The molecule has 0 amide bonds. The zero-order chi connectivity index (χ0) is 21.1.